The van der Waals surface area contributed by atoms with Gasteiger partial charge in [0.1, 0.15) is 5.75 Å². The number of benzene rings is 1. The largest absolute Gasteiger partial charge is 0.493 e. The summed E-state index contributed by atoms with van der Waals surface area (Å²) in [5.41, 5.74) is 1.97. The fraction of sp³-hybridized carbons (Fsp3) is 0.500. The molecule has 0 saturated carbocycles. The van der Waals surface area contributed by atoms with Gasteiger partial charge in [-0.25, -0.2) is 4.79 Å². The summed E-state index contributed by atoms with van der Waals surface area (Å²) in [5, 5.41) is 5.69. The molecule has 0 fully saturated rings. The first-order valence-corrected chi connectivity index (χ1v) is 6.60. The van der Waals surface area contributed by atoms with Crippen LogP contribution in [0.25, 0.3) is 0 Å². The van der Waals surface area contributed by atoms with Crippen LogP contribution < -0.4 is 15.4 Å². The Balaban J connectivity index is 1.76. The molecule has 1 aromatic carbocycles. The number of nitrogens with one attached hydrogen (secondary N) is 2. The van der Waals surface area contributed by atoms with E-state index in [1.54, 1.807) is 0 Å². The minimum atomic E-state index is -0.155. The summed E-state index contributed by atoms with van der Waals surface area (Å²) in [6.07, 6.45) is 1.85. The lowest BCUT2D eigenvalue weighted by Crippen LogP contribution is -2.31. The Bertz CT molecular complexity index is 446. The molecule has 1 aliphatic heterocycles. The van der Waals surface area contributed by atoms with Gasteiger partial charge in [0.05, 0.1) is 6.61 Å². The van der Waals surface area contributed by atoms with Gasteiger partial charge in [0.2, 0.25) is 0 Å². The molecule has 0 bridgehead atoms. The van der Waals surface area contributed by atoms with E-state index in [0.29, 0.717) is 6.54 Å². The van der Waals surface area contributed by atoms with E-state index in [2.05, 4.69) is 15.5 Å². The first-order valence-electron chi connectivity index (χ1n) is 6.60. The molecule has 2 amide bonds. The van der Waals surface area contributed by atoms with Gasteiger partial charge in [-0.2, -0.15) is 0 Å². The summed E-state index contributed by atoms with van der Waals surface area (Å²) in [5.74, 6) is 0.928. The minimum Gasteiger partial charge on any atom is -0.493 e. The minimum absolute atomic E-state index is 0.155. The maximum atomic E-state index is 11.7. The van der Waals surface area contributed by atoms with E-state index < -0.39 is 0 Å². The van der Waals surface area contributed by atoms with Crippen LogP contribution in [0.3, 0.4) is 0 Å². The highest BCUT2D eigenvalue weighted by atomic mass is 16.5. The van der Waals surface area contributed by atoms with Crippen LogP contribution in [0.1, 0.15) is 12.0 Å². The maximum Gasteiger partial charge on any atom is 0.319 e. The second-order valence-corrected chi connectivity index (χ2v) is 4.96. The Labute approximate surface area is 113 Å². The Morgan fingerprint density at radius 3 is 3.05 bits per heavy atom. The highest BCUT2D eigenvalue weighted by Crippen LogP contribution is 2.27. The van der Waals surface area contributed by atoms with Crippen LogP contribution in [-0.2, 0) is 6.42 Å². The van der Waals surface area contributed by atoms with E-state index in [4.69, 9.17) is 4.74 Å². The van der Waals surface area contributed by atoms with E-state index >= 15 is 0 Å². The van der Waals surface area contributed by atoms with Crippen molar-refractivity contribution in [1.29, 1.82) is 0 Å². The van der Waals surface area contributed by atoms with Crippen molar-refractivity contribution in [2.75, 3.05) is 39.1 Å². The number of carbonyl (C=O) groups is 1. The Hall–Kier alpha value is -1.75. The van der Waals surface area contributed by atoms with Gasteiger partial charge in [-0.05, 0) is 50.8 Å². The van der Waals surface area contributed by atoms with E-state index in [1.165, 1.54) is 0 Å². The number of nitrogens with zero attached hydrogens (tertiary/aromatic N) is 1. The number of urea groups is 1. The lowest BCUT2D eigenvalue weighted by Gasteiger charge is -2.11. The standard InChI is InChI=1S/C14H21N3O2/c1-17(2)8-3-7-15-14(18)16-12-4-5-13-11(10-12)6-9-19-13/h4-5,10H,3,6-9H2,1-2H3,(H2,15,16,18). The normalized spacial score (nSPS) is 13.0. The molecular formula is C14H21N3O2. The van der Waals surface area contributed by atoms with Crippen LogP contribution in [0.4, 0.5) is 10.5 Å². The second-order valence-electron chi connectivity index (χ2n) is 4.96. The van der Waals surface area contributed by atoms with Gasteiger partial charge in [-0.3, -0.25) is 0 Å². The van der Waals surface area contributed by atoms with Crippen LogP contribution in [0.5, 0.6) is 5.75 Å². The van der Waals surface area contributed by atoms with Crippen LogP contribution in [0.15, 0.2) is 18.2 Å². The average Bonchev–Trinajstić information content (AvgIpc) is 2.82. The number of amides is 2. The van der Waals surface area contributed by atoms with E-state index in [9.17, 15) is 4.79 Å². The Morgan fingerprint density at radius 1 is 1.42 bits per heavy atom. The zero-order valence-electron chi connectivity index (χ0n) is 11.5. The molecular weight excluding hydrogens is 242 g/mol. The molecule has 0 spiro atoms. The molecule has 1 aliphatic rings. The predicted molar refractivity (Wildman–Crippen MR) is 75.8 cm³/mol. The summed E-state index contributed by atoms with van der Waals surface area (Å²) in [6, 6.07) is 5.59. The predicted octanol–water partition coefficient (Wildman–Crippen LogP) is 1.69. The van der Waals surface area contributed by atoms with Crippen LogP contribution in [-0.4, -0.2) is 44.7 Å². The van der Waals surface area contributed by atoms with Crippen molar-refractivity contribution in [2.45, 2.75) is 12.8 Å². The maximum absolute atomic E-state index is 11.7. The van der Waals surface area contributed by atoms with Gasteiger partial charge < -0.3 is 20.3 Å². The molecule has 2 N–H and O–H groups in total. The molecule has 2 rings (SSSR count). The SMILES string of the molecule is CN(C)CCCNC(=O)Nc1ccc2c(c1)CCO2. The van der Waals surface area contributed by atoms with Crippen LogP contribution >= 0.6 is 0 Å². The first-order chi connectivity index (χ1) is 9.15. The number of hydrogen-bond donors (Lipinski definition) is 2. The Kier molecular flexibility index (Phi) is 4.63. The molecule has 0 unspecified atom stereocenters. The number of anilines is 1. The number of rotatable bonds is 5. The van der Waals surface area contributed by atoms with Crippen LogP contribution in [0, 0.1) is 0 Å². The second kappa shape index (κ2) is 6.43. The summed E-state index contributed by atoms with van der Waals surface area (Å²) in [7, 11) is 4.04. The number of carbonyl (C=O) groups excluding carboxylic acids is 1. The number of fused-ring (bicyclic) bond motifs is 1. The monoisotopic (exact) mass is 263 g/mol. The van der Waals surface area contributed by atoms with E-state index in [-0.39, 0.29) is 6.03 Å². The van der Waals surface area contributed by atoms with Gasteiger partial charge in [-0.1, -0.05) is 0 Å². The zero-order chi connectivity index (χ0) is 13.7. The fourth-order valence-corrected chi connectivity index (χ4v) is 2.04. The van der Waals surface area contributed by atoms with Gasteiger partial charge in [0.15, 0.2) is 0 Å². The molecule has 0 atom stereocenters. The lowest BCUT2D eigenvalue weighted by atomic mass is 10.1. The van der Waals surface area contributed by atoms with Crippen molar-refractivity contribution in [3.8, 4) is 5.75 Å². The highest BCUT2D eigenvalue weighted by Gasteiger charge is 2.12. The highest BCUT2D eigenvalue weighted by molar-refractivity contribution is 5.89. The molecule has 19 heavy (non-hydrogen) atoms. The van der Waals surface area contributed by atoms with Gasteiger partial charge in [0, 0.05) is 18.7 Å². The molecule has 5 heteroatoms. The fourth-order valence-electron chi connectivity index (χ4n) is 2.04. The summed E-state index contributed by atoms with van der Waals surface area (Å²) >= 11 is 0. The molecule has 0 saturated heterocycles. The van der Waals surface area contributed by atoms with Gasteiger partial charge >= 0.3 is 6.03 Å². The molecule has 5 nitrogen and oxygen atoms in total. The van der Waals surface area contributed by atoms with E-state index in [1.807, 2.05) is 32.3 Å². The third kappa shape index (κ3) is 4.13. The molecule has 1 aromatic rings. The van der Waals surface area contributed by atoms with Crippen molar-refractivity contribution < 1.29 is 9.53 Å². The molecule has 0 radical (unpaired) electrons. The first kappa shape index (κ1) is 13.7. The van der Waals surface area contributed by atoms with Crippen molar-refractivity contribution in [3.63, 3.8) is 0 Å². The number of ether oxygens (including phenoxy) is 1. The summed E-state index contributed by atoms with van der Waals surface area (Å²) < 4.78 is 5.43. The third-order valence-corrected chi connectivity index (χ3v) is 3.01. The lowest BCUT2D eigenvalue weighted by molar-refractivity contribution is 0.251. The summed E-state index contributed by atoms with van der Waals surface area (Å²) in [4.78, 5) is 13.8. The quantitative estimate of drug-likeness (QED) is 0.795. The van der Waals surface area contributed by atoms with Crippen molar-refractivity contribution in [1.82, 2.24) is 10.2 Å². The van der Waals surface area contributed by atoms with Gasteiger partial charge in [-0.15, -0.1) is 0 Å². The zero-order valence-corrected chi connectivity index (χ0v) is 11.5. The average molecular weight is 263 g/mol. The third-order valence-electron chi connectivity index (χ3n) is 3.01. The summed E-state index contributed by atoms with van der Waals surface area (Å²) in [6.45, 7) is 2.38. The van der Waals surface area contributed by atoms with Crippen LogP contribution in [0.2, 0.25) is 0 Å². The smallest absolute Gasteiger partial charge is 0.319 e. The molecule has 104 valence electrons. The van der Waals surface area contributed by atoms with Gasteiger partial charge in [0.25, 0.3) is 0 Å². The van der Waals surface area contributed by atoms with Crippen molar-refractivity contribution in [2.24, 2.45) is 0 Å². The Morgan fingerprint density at radius 2 is 2.26 bits per heavy atom. The topological polar surface area (TPSA) is 53.6 Å². The van der Waals surface area contributed by atoms with Crippen molar-refractivity contribution in [3.05, 3.63) is 23.8 Å². The molecule has 0 aromatic heterocycles. The van der Waals surface area contributed by atoms with Crippen molar-refractivity contribution >= 4 is 11.7 Å². The molecule has 0 aliphatic carbocycles. The number of hydrogen-bond acceptors (Lipinski definition) is 3. The molecule has 1 heterocycles. The van der Waals surface area contributed by atoms with E-state index in [0.717, 1.165) is 43.0 Å².